The van der Waals surface area contributed by atoms with Crippen LogP contribution in [0.5, 0.6) is 0 Å². The van der Waals surface area contributed by atoms with Crippen molar-refractivity contribution in [2.24, 2.45) is 0 Å². The van der Waals surface area contributed by atoms with Crippen LogP contribution in [0, 0.1) is 0 Å². The van der Waals surface area contributed by atoms with Gasteiger partial charge < -0.3 is 11.1 Å². The highest BCUT2D eigenvalue weighted by Gasteiger charge is 2.00. The molecule has 0 unspecified atom stereocenters. The van der Waals surface area contributed by atoms with Crippen LogP contribution in [0.4, 0.5) is 10.1 Å². The molecule has 74 valence electrons. The summed E-state index contributed by atoms with van der Waals surface area (Å²) in [4.78, 5) is 5.28. The van der Waals surface area contributed by atoms with E-state index in [-0.39, 0.29) is 0 Å². The largest absolute Gasteiger partial charge is 0.389 e. The number of thiophene rings is 1. The lowest BCUT2D eigenvalue weighted by Crippen LogP contribution is -1.95. The van der Waals surface area contributed by atoms with E-state index in [0.717, 1.165) is 21.0 Å². The molecule has 6 heteroatoms. The first-order valence-electron chi connectivity index (χ1n) is 3.93. The third-order valence-corrected chi connectivity index (χ3v) is 3.58. The first-order valence-corrected chi connectivity index (χ1v) is 5.94. The van der Waals surface area contributed by atoms with Crippen LogP contribution in [0.3, 0.4) is 0 Å². The third-order valence-electron chi connectivity index (χ3n) is 1.57. The number of halogens is 1. The predicted octanol–water partition coefficient (Wildman–Crippen LogP) is 3.05. The van der Waals surface area contributed by atoms with Crippen LogP contribution in [-0.4, -0.2) is 4.98 Å². The molecule has 2 aromatic rings. The maximum absolute atomic E-state index is 5.80. The van der Waals surface area contributed by atoms with Crippen LogP contribution in [0.1, 0.15) is 4.88 Å². The zero-order valence-corrected chi connectivity index (χ0v) is 9.55. The highest BCUT2D eigenvalue weighted by Crippen LogP contribution is 2.24. The minimum Gasteiger partial charge on any atom is -0.389 e. The van der Waals surface area contributed by atoms with Crippen molar-refractivity contribution in [1.82, 2.24) is 4.98 Å². The molecule has 2 heterocycles. The van der Waals surface area contributed by atoms with Crippen molar-refractivity contribution in [2.45, 2.75) is 6.54 Å². The molecule has 3 N–H and O–H groups in total. The summed E-state index contributed by atoms with van der Waals surface area (Å²) in [5.74, 6) is 0. The Morgan fingerprint density at radius 2 is 2.29 bits per heavy atom. The standard InChI is InChI=1S/C8H8ClN3S2/c9-6-2-1-5(13-6)3-11-8-12-4-7(10)14-8/h1-2,4H,3,10H2,(H,11,12). The molecule has 3 nitrogen and oxygen atoms in total. The molecule has 2 rings (SSSR count). The minimum atomic E-state index is 0.719. The summed E-state index contributed by atoms with van der Waals surface area (Å²) in [6.07, 6.45) is 1.65. The normalized spacial score (nSPS) is 10.4. The van der Waals surface area contributed by atoms with Gasteiger partial charge in [0.15, 0.2) is 5.13 Å². The molecule has 0 amide bonds. The number of nitrogens with two attached hydrogens (primary N) is 1. The lowest BCUT2D eigenvalue weighted by Gasteiger charge is -1.97. The number of anilines is 2. The molecule has 0 fully saturated rings. The summed E-state index contributed by atoms with van der Waals surface area (Å²) in [6.45, 7) is 0.740. The zero-order valence-electron chi connectivity index (χ0n) is 7.16. The van der Waals surface area contributed by atoms with E-state index in [0.29, 0.717) is 0 Å². The average molecular weight is 246 g/mol. The summed E-state index contributed by atoms with van der Waals surface area (Å²) < 4.78 is 0.806. The predicted molar refractivity (Wildman–Crippen MR) is 63.2 cm³/mol. The highest BCUT2D eigenvalue weighted by atomic mass is 35.5. The second-order valence-electron chi connectivity index (χ2n) is 2.63. The van der Waals surface area contributed by atoms with Gasteiger partial charge in [-0.15, -0.1) is 11.3 Å². The minimum absolute atomic E-state index is 0.719. The fourth-order valence-corrected chi connectivity index (χ4v) is 2.58. The van der Waals surface area contributed by atoms with Crippen LogP contribution in [0.2, 0.25) is 4.34 Å². The Labute approximate surface area is 94.5 Å². The van der Waals surface area contributed by atoms with Crippen LogP contribution >= 0.6 is 34.3 Å². The van der Waals surface area contributed by atoms with Crippen molar-refractivity contribution in [1.29, 1.82) is 0 Å². The van der Waals surface area contributed by atoms with E-state index < -0.39 is 0 Å². The van der Waals surface area contributed by atoms with E-state index in [1.807, 2.05) is 12.1 Å². The van der Waals surface area contributed by atoms with Crippen molar-refractivity contribution in [3.05, 3.63) is 27.5 Å². The molecule has 0 aliphatic heterocycles. The van der Waals surface area contributed by atoms with Crippen LogP contribution in [-0.2, 0) is 6.54 Å². The summed E-state index contributed by atoms with van der Waals surface area (Å²) in [5.41, 5.74) is 5.55. The van der Waals surface area contributed by atoms with Crippen molar-refractivity contribution >= 4 is 44.4 Å². The van der Waals surface area contributed by atoms with Gasteiger partial charge in [0.25, 0.3) is 0 Å². The zero-order chi connectivity index (χ0) is 9.97. The highest BCUT2D eigenvalue weighted by molar-refractivity contribution is 7.19. The molecule has 14 heavy (non-hydrogen) atoms. The van der Waals surface area contributed by atoms with Gasteiger partial charge in [-0.1, -0.05) is 22.9 Å². The van der Waals surface area contributed by atoms with Gasteiger partial charge in [0.1, 0.15) is 5.00 Å². The van der Waals surface area contributed by atoms with Gasteiger partial charge in [-0.05, 0) is 12.1 Å². The Morgan fingerprint density at radius 1 is 1.43 bits per heavy atom. The first-order chi connectivity index (χ1) is 6.74. The molecular weight excluding hydrogens is 238 g/mol. The molecule has 0 atom stereocenters. The second kappa shape index (κ2) is 4.16. The summed E-state index contributed by atoms with van der Waals surface area (Å²) in [6, 6.07) is 3.89. The number of nitrogens with zero attached hydrogens (tertiary/aromatic N) is 1. The van der Waals surface area contributed by atoms with Crippen LogP contribution in [0.25, 0.3) is 0 Å². The smallest absolute Gasteiger partial charge is 0.184 e. The molecule has 0 saturated heterocycles. The molecule has 0 saturated carbocycles. The van der Waals surface area contributed by atoms with Crippen LogP contribution < -0.4 is 11.1 Å². The monoisotopic (exact) mass is 245 g/mol. The Bertz CT molecular complexity index is 383. The van der Waals surface area contributed by atoms with Crippen LogP contribution in [0.15, 0.2) is 18.3 Å². The quantitative estimate of drug-likeness (QED) is 0.874. The van der Waals surface area contributed by atoms with Gasteiger partial charge in [-0.25, -0.2) is 4.98 Å². The topological polar surface area (TPSA) is 50.9 Å². The first kappa shape index (κ1) is 9.76. The second-order valence-corrected chi connectivity index (χ2v) is 5.49. The molecule has 0 radical (unpaired) electrons. The average Bonchev–Trinajstić information content (AvgIpc) is 2.72. The maximum atomic E-state index is 5.80. The van der Waals surface area contributed by atoms with Gasteiger partial charge in [0.2, 0.25) is 0 Å². The lowest BCUT2D eigenvalue weighted by molar-refractivity contribution is 1.17. The number of hydrogen-bond donors (Lipinski definition) is 2. The molecular formula is C8H8ClN3S2. The molecule has 2 aromatic heterocycles. The van der Waals surface area contributed by atoms with Crippen molar-refractivity contribution < 1.29 is 0 Å². The van der Waals surface area contributed by atoms with E-state index in [4.69, 9.17) is 17.3 Å². The van der Waals surface area contributed by atoms with Crippen molar-refractivity contribution in [3.63, 3.8) is 0 Å². The molecule has 0 spiro atoms. The van der Waals surface area contributed by atoms with Gasteiger partial charge >= 0.3 is 0 Å². The van der Waals surface area contributed by atoms with E-state index in [1.54, 1.807) is 17.5 Å². The van der Waals surface area contributed by atoms with Gasteiger partial charge in [-0.3, -0.25) is 0 Å². The number of thiazole rings is 1. The molecule has 0 aliphatic carbocycles. The Hall–Kier alpha value is -0.780. The van der Waals surface area contributed by atoms with Gasteiger partial charge in [0.05, 0.1) is 17.1 Å². The van der Waals surface area contributed by atoms with E-state index in [1.165, 1.54) is 16.2 Å². The number of aromatic nitrogens is 1. The van der Waals surface area contributed by atoms with Crippen molar-refractivity contribution in [2.75, 3.05) is 11.1 Å². The maximum Gasteiger partial charge on any atom is 0.184 e. The molecule has 0 bridgehead atoms. The fourth-order valence-electron chi connectivity index (χ4n) is 0.978. The van der Waals surface area contributed by atoms with E-state index >= 15 is 0 Å². The number of rotatable bonds is 3. The Kier molecular flexibility index (Phi) is 2.90. The number of nitrogens with one attached hydrogen (secondary N) is 1. The Balaban J connectivity index is 1.94. The van der Waals surface area contributed by atoms with Gasteiger partial charge in [0, 0.05) is 4.88 Å². The molecule has 0 aromatic carbocycles. The summed E-state index contributed by atoms with van der Waals surface area (Å²) >= 11 is 8.81. The van der Waals surface area contributed by atoms with E-state index in [9.17, 15) is 0 Å². The fraction of sp³-hybridized carbons (Fsp3) is 0.125. The number of hydrogen-bond acceptors (Lipinski definition) is 5. The Morgan fingerprint density at radius 3 is 2.86 bits per heavy atom. The van der Waals surface area contributed by atoms with E-state index in [2.05, 4.69) is 10.3 Å². The van der Waals surface area contributed by atoms with Gasteiger partial charge in [-0.2, -0.15) is 0 Å². The lowest BCUT2D eigenvalue weighted by atomic mass is 10.5. The summed E-state index contributed by atoms with van der Waals surface area (Å²) in [7, 11) is 0. The molecule has 0 aliphatic rings. The third kappa shape index (κ3) is 2.37. The number of nitrogen functional groups attached to an aromatic ring is 1. The van der Waals surface area contributed by atoms with Crippen molar-refractivity contribution in [3.8, 4) is 0 Å². The SMILES string of the molecule is Nc1cnc(NCc2ccc(Cl)s2)s1. The summed E-state index contributed by atoms with van der Waals surface area (Å²) in [5, 5.41) is 4.73.